The lowest BCUT2D eigenvalue weighted by atomic mass is 10.1. The number of aromatic nitrogens is 3. The Balaban J connectivity index is 1.86. The number of benzene rings is 2. The molecule has 0 aliphatic heterocycles. The number of imidazole rings is 1. The van der Waals surface area contributed by atoms with Gasteiger partial charge >= 0.3 is 0 Å². The Morgan fingerprint density at radius 2 is 1.75 bits per heavy atom. The average molecular weight is 335 g/mol. The van der Waals surface area contributed by atoms with Gasteiger partial charge in [0, 0.05) is 28.7 Å². The van der Waals surface area contributed by atoms with Gasteiger partial charge in [0.15, 0.2) is 0 Å². The van der Waals surface area contributed by atoms with Gasteiger partial charge in [0.05, 0.1) is 0 Å². The summed E-state index contributed by atoms with van der Waals surface area (Å²) in [5.41, 5.74) is 4.07. The summed E-state index contributed by atoms with van der Waals surface area (Å²) in [4.78, 5) is 9.04. The first-order chi connectivity index (χ1) is 11.7. The van der Waals surface area contributed by atoms with Crippen molar-refractivity contribution in [3.05, 3.63) is 77.6 Å². The molecule has 0 unspecified atom stereocenters. The van der Waals surface area contributed by atoms with Crippen molar-refractivity contribution in [3.63, 3.8) is 0 Å². The van der Waals surface area contributed by atoms with E-state index >= 15 is 0 Å². The van der Waals surface area contributed by atoms with Gasteiger partial charge in [-0.1, -0.05) is 41.4 Å². The van der Waals surface area contributed by atoms with Crippen LogP contribution in [0.15, 0.2) is 67.0 Å². The minimum absolute atomic E-state index is 0.657. The van der Waals surface area contributed by atoms with E-state index < -0.39 is 0 Å². The highest BCUT2D eigenvalue weighted by Crippen LogP contribution is 2.31. The Labute approximate surface area is 144 Å². The Morgan fingerprint density at radius 1 is 1.00 bits per heavy atom. The third kappa shape index (κ3) is 2.72. The van der Waals surface area contributed by atoms with Crippen LogP contribution < -0.4 is 5.32 Å². The first-order valence-corrected chi connectivity index (χ1v) is 8.01. The topological polar surface area (TPSA) is 42.2 Å². The van der Waals surface area contributed by atoms with Crippen LogP contribution in [-0.2, 0) is 0 Å². The zero-order chi connectivity index (χ0) is 16.5. The van der Waals surface area contributed by atoms with Gasteiger partial charge in [-0.05, 0) is 37.3 Å². The summed E-state index contributed by atoms with van der Waals surface area (Å²) in [6.45, 7) is 2.07. The number of hydrogen-bond acceptors (Lipinski definition) is 3. The first kappa shape index (κ1) is 14.7. The third-order valence-electron chi connectivity index (χ3n) is 3.84. The number of hydrogen-bond donors (Lipinski definition) is 1. The SMILES string of the molecule is Cc1ccc(-c2nc3ncccn3c2Nc2ccc(Cl)cc2)cc1. The van der Waals surface area contributed by atoms with E-state index in [2.05, 4.69) is 46.5 Å². The molecule has 0 bridgehead atoms. The molecule has 0 aliphatic carbocycles. The van der Waals surface area contributed by atoms with Crippen LogP contribution in [0.1, 0.15) is 5.56 Å². The highest BCUT2D eigenvalue weighted by Gasteiger charge is 2.14. The van der Waals surface area contributed by atoms with Gasteiger partial charge < -0.3 is 5.32 Å². The molecule has 0 aliphatic rings. The maximum atomic E-state index is 5.98. The van der Waals surface area contributed by atoms with Crippen LogP contribution in [-0.4, -0.2) is 14.4 Å². The average Bonchev–Trinajstić information content (AvgIpc) is 2.96. The number of fused-ring (bicyclic) bond motifs is 1. The second kappa shape index (κ2) is 5.98. The third-order valence-corrected chi connectivity index (χ3v) is 4.09. The molecule has 24 heavy (non-hydrogen) atoms. The van der Waals surface area contributed by atoms with E-state index in [1.54, 1.807) is 6.20 Å². The molecule has 118 valence electrons. The van der Waals surface area contributed by atoms with E-state index in [1.807, 2.05) is 40.9 Å². The fourth-order valence-corrected chi connectivity index (χ4v) is 2.72. The Bertz CT molecular complexity index is 988. The Morgan fingerprint density at radius 3 is 2.50 bits per heavy atom. The standard InChI is InChI=1S/C19H15ClN4/c1-13-3-5-14(6-4-13)17-18(22-16-9-7-15(20)8-10-16)24-12-2-11-21-19(24)23-17/h2-12,22H,1H3. The second-order valence-electron chi connectivity index (χ2n) is 5.60. The van der Waals surface area contributed by atoms with Gasteiger partial charge in [-0.2, -0.15) is 0 Å². The predicted octanol–water partition coefficient (Wildman–Crippen LogP) is 5.10. The van der Waals surface area contributed by atoms with Crippen LogP contribution in [0.25, 0.3) is 17.0 Å². The van der Waals surface area contributed by atoms with Crippen molar-refractivity contribution in [2.45, 2.75) is 6.92 Å². The van der Waals surface area contributed by atoms with E-state index in [4.69, 9.17) is 11.6 Å². The maximum Gasteiger partial charge on any atom is 0.235 e. The predicted molar refractivity (Wildman–Crippen MR) is 97.9 cm³/mol. The number of halogens is 1. The van der Waals surface area contributed by atoms with Gasteiger partial charge in [0.25, 0.3) is 0 Å². The molecular formula is C19H15ClN4. The molecule has 0 saturated carbocycles. The van der Waals surface area contributed by atoms with Crippen molar-refractivity contribution in [3.8, 4) is 11.3 Å². The molecule has 0 radical (unpaired) electrons. The summed E-state index contributed by atoms with van der Waals surface area (Å²) >= 11 is 5.98. The normalized spacial score (nSPS) is 10.9. The Kier molecular flexibility index (Phi) is 3.67. The van der Waals surface area contributed by atoms with E-state index in [0.29, 0.717) is 10.8 Å². The second-order valence-corrected chi connectivity index (χ2v) is 6.03. The molecule has 2 aromatic carbocycles. The van der Waals surface area contributed by atoms with Crippen molar-refractivity contribution < 1.29 is 0 Å². The smallest absolute Gasteiger partial charge is 0.235 e. The van der Waals surface area contributed by atoms with Gasteiger partial charge in [-0.15, -0.1) is 0 Å². The largest absolute Gasteiger partial charge is 0.339 e. The molecule has 2 aromatic heterocycles. The monoisotopic (exact) mass is 334 g/mol. The molecule has 5 heteroatoms. The molecule has 0 atom stereocenters. The summed E-state index contributed by atoms with van der Waals surface area (Å²) in [7, 11) is 0. The minimum atomic E-state index is 0.657. The van der Waals surface area contributed by atoms with E-state index in [9.17, 15) is 0 Å². The highest BCUT2D eigenvalue weighted by molar-refractivity contribution is 6.30. The van der Waals surface area contributed by atoms with Crippen molar-refractivity contribution in [1.82, 2.24) is 14.4 Å². The van der Waals surface area contributed by atoms with E-state index in [-0.39, 0.29) is 0 Å². The van der Waals surface area contributed by atoms with Crippen LogP contribution in [0, 0.1) is 6.92 Å². The molecule has 4 nitrogen and oxygen atoms in total. The molecule has 0 spiro atoms. The van der Waals surface area contributed by atoms with E-state index in [0.717, 1.165) is 22.8 Å². The van der Waals surface area contributed by atoms with Crippen molar-refractivity contribution in [1.29, 1.82) is 0 Å². The van der Waals surface area contributed by atoms with Crippen molar-refractivity contribution in [2.75, 3.05) is 5.32 Å². The summed E-state index contributed by atoms with van der Waals surface area (Å²) in [5.74, 6) is 1.54. The minimum Gasteiger partial charge on any atom is -0.339 e. The number of rotatable bonds is 3. The van der Waals surface area contributed by atoms with E-state index in [1.165, 1.54) is 5.56 Å². The molecule has 2 heterocycles. The lowest BCUT2D eigenvalue weighted by molar-refractivity contribution is 1.11. The number of aryl methyl sites for hydroxylation is 1. The van der Waals surface area contributed by atoms with Gasteiger partial charge in [-0.3, -0.25) is 4.40 Å². The maximum absolute atomic E-state index is 5.98. The van der Waals surface area contributed by atoms with Crippen molar-refractivity contribution in [2.24, 2.45) is 0 Å². The zero-order valence-corrected chi connectivity index (χ0v) is 13.8. The zero-order valence-electron chi connectivity index (χ0n) is 13.1. The van der Waals surface area contributed by atoms with Crippen molar-refractivity contribution >= 4 is 28.9 Å². The lowest BCUT2D eigenvalue weighted by Gasteiger charge is -2.09. The first-order valence-electron chi connectivity index (χ1n) is 7.63. The summed E-state index contributed by atoms with van der Waals surface area (Å²) in [6.07, 6.45) is 3.69. The lowest BCUT2D eigenvalue weighted by Crippen LogP contribution is -1.97. The fraction of sp³-hybridized carbons (Fsp3) is 0.0526. The number of nitrogens with zero attached hydrogens (tertiary/aromatic N) is 3. The number of anilines is 2. The van der Waals surface area contributed by atoms with Crippen LogP contribution >= 0.6 is 11.6 Å². The highest BCUT2D eigenvalue weighted by atomic mass is 35.5. The van der Waals surface area contributed by atoms with Gasteiger partial charge in [-0.25, -0.2) is 9.97 Å². The summed E-state index contributed by atoms with van der Waals surface area (Å²) in [5, 5.41) is 4.15. The van der Waals surface area contributed by atoms with Crippen LogP contribution in [0.4, 0.5) is 11.5 Å². The molecule has 0 amide bonds. The molecule has 0 saturated heterocycles. The molecule has 4 rings (SSSR count). The number of nitrogens with one attached hydrogen (secondary N) is 1. The van der Waals surface area contributed by atoms with Crippen LogP contribution in [0.2, 0.25) is 5.02 Å². The molecular weight excluding hydrogens is 320 g/mol. The molecule has 0 fully saturated rings. The van der Waals surface area contributed by atoms with Crippen LogP contribution in [0.3, 0.4) is 0 Å². The summed E-state index contributed by atoms with van der Waals surface area (Å²) in [6, 6.07) is 17.8. The summed E-state index contributed by atoms with van der Waals surface area (Å²) < 4.78 is 1.95. The van der Waals surface area contributed by atoms with Gasteiger partial charge in [0.1, 0.15) is 11.5 Å². The molecule has 4 aromatic rings. The van der Waals surface area contributed by atoms with Gasteiger partial charge in [0.2, 0.25) is 5.78 Å². The fourth-order valence-electron chi connectivity index (χ4n) is 2.59. The quantitative estimate of drug-likeness (QED) is 0.566. The van der Waals surface area contributed by atoms with Crippen LogP contribution in [0.5, 0.6) is 0 Å². The Hall–Kier alpha value is -2.85. The molecule has 1 N–H and O–H groups in total.